The Kier molecular flexibility index (Phi) is 6.85. The van der Waals surface area contributed by atoms with Crippen molar-refractivity contribution < 1.29 is 9.47 Å². The van der Waals surface area contributed by atoms with Gasteiger partial charge in [-0.05, 0) is 57.1 Å². The van der Waals surface area contributed by atoms with Crippen molar-refractivity contribution in [2.75, 3.05) is 7.11 Å². The first kappa shape index (κ1) is 22.8. The highest BCUT2D eigenvalue weighted by molar-refractivity contribution is 5.95. The lowest BCUT2D eigenvalue weighted by atomic mass is 9.81. The molecule has 0 aliphatic heterocycles. The number of hydrogen-bond donors (Lipinski definition) is 1. The summed E-state index contributed by atoms with van der Waals surface area (Å²) in [5.41, 5.74) is 6.48. The van der Waals surface area contributed by atoms with Gasteiger partial charge >= 0.3 is 0 Å². The zero-order valence-corrected chi connectivity index (χ0v) is 20.4. The molecule has 0 bridgehead atoms. The summed E-state index contributed by atoms with van der Waals surface area (Å²) in [6, 6.07) is 6.43. The van der Waals surface area contributed by atoms with Crippen LogP contribution in [0.2, 0.25) is 0 Å². The van der Waals surface area contributed by atoms with E-state index in [1.54, 1.807) is 0 Å². The number of rotatable bonds is 7. The molecule has 1 aliphatic carbocycles. The van der Waals surface area contributed by atoms with E-state index in [0.717, 1.165) is 39.2 Å². The zero-order valence-electron chi connectivity index (χ0n) is 20.4. The molecule has 0 radical (unpaired) electrons. The van der Waals surface area contributed by atoms with Crippen molar-refractivity contribution in [3.63, 3.8) is 0 Å². The monoisotopic (exact) mass is 435 g/mol. The van der Waals surface area contributed by atoms with Gasteiger partial charge in [-0.2, -0.15) is 5.10 Å². The highest BCUT2D eigenvalue weighted by Crippen LogP contribution is 2.44. The highest BCUT2D eigenvalue weighted by Gasteiger charge is 2.30. The molecule has 1 saturated carbocycles. The number of hydrogen-bond acceptors (Lipinski definition) is 4. The number of pyridine rings is 1. The molecule has 0 amide bonds. The minimum atomic E-state index is 0.0138. The topological polar surface area (TPSA) is 60.0 Å². The van der Waals surface area contributed by atoms with Gasteiger partial charge in [0.15, 0.2) is 0 Å². The quantitative estimate of drug-likeness (QED) is 0.429. The van der Waals surface area contributed by atoms with E-state index in [9.17, 15) is 0 Å². The summed E-state index contributed by atoms with van der Waals surface area (Å²) in [4.78, 5) is 5.15. The molecular weight excluding hydrogens is 398 g/mol. The van der Waals surface area contributed by atoms with Crippen LogP contribution in [0.5, 0.6) is 5.75 Å². The van der Waals surface area contributed by atoms with Crippen LogP contribution in [0, 0.1) is 12.8 Å². The summed E-state index contributed by atoms with van der Waals surface area (Å²) in [5.74, 6) is 1.78. The molecular formula is C27H37N3O2. The van der Waals surface area contributed by atoms with Crippen molar-refractivity contribution in [1.82, 2.24) is 15.2 Å². The second kappa shape index (κ2) is 9.62. The van der Waals surface area contributed by atoms with Gasteiger partial charge in [-0.3, -0.25) is 10.1 Å². The molecule has 0 spiro atoms. The fraction of sp³-hybridized carbons (Fsp3) is 0.556. The third kappa shape index (κ3) is 4.40. The van der Waals surface area contributed by atoms with Gasteiger partial charge in [0.2, 0.25) is 0 Å². The van der Waals surface area contributed by atoms with Gasteiger partial charge in [-0.1, -0.05) is 39.2 Å². The molecule has 0 saturated heterocycles. The molecule has 2 heterocycles. The fourth-order valence-electron chi connectivity index (χ4n) is 5.26. The molecule has 32 heavy (non-hydrogen) atoms. The number of ether oxygens (including phenoxy) is 2. The van der Waals surface area contributed by atoms with Crippen LogP contribution in [-0.2, 0) is 4.74 Å². The van der Waals surface area contributed by atoms with Crippen LogP contribution in [0.25, 0.3) is 22.2 Å². The van der Waals surface area contributed by atoms with Crippen LogP contribution >= 0.6 is 0 Å². The second-order valence-electron chi connectivity index (χ2n) is 9.74. The van der Waals surface area contributed by atoms with Gasteiger partial charge in [0.1, 0.15) is 5.75 Å². The molecule has 1 aromatic carbocycles. The summed E-state index contributed by atoms with van der Waals surface area (Å²) < 4.78 is 12.5. The Balaban J connectivity index is 1.90. The Hall–Kier alpha value is -2.40. The van der Waals surface area contributed by atoms with Crippen molar-refractivity contribution in [3.05, 3.63) is 41.2 Å². The van der Waals surface area contributed by atoms with Crippen molar-refractivity contribution >= 4 is 10.9 Å². The number of aryl methyl sites for hydroxylation is 1. The molecule has 3 aromatic rings. The van der Waals surface area contributed by atoms with Gasteiger partial charge in [-0.15, -0.1) is 0 Å². The van der Waals surface area contributed by atoms with E-state index in [-0.39, 0.29) is 12.2 Å². The largest absolute Gasteiger partial charge is 0.490 e. The van der Waals surface area contributed by atoms with Crippen molar-refractivity contribution in [1.29, 1.82) is 0 Å². The molecule has 5 nitrogen and oxygen atoms in total. The normalized spacial score (nSPS) is 16.2. The standard InChI is InChI=1S/C27H37N3O2/c1-16(2)20-12-13-22-21(15-28-30-22)26(20)23-14-24(32-17(3)4)25(18(5)29-23)27(31-6)19-10-8-7-9-11-19/h12-17,19,27H,7-11H2,1-6H3,(H,28,30). The molecule has 1 unspecified atom stereocenters. The smallest absolute Gasteiger partial charge is 0.129 e. The third-order valence-electron chi connectivity index (χ3n) is 6.72. The SMILES string of the molecule is COC(c1c(OC(C)C)cc(-c2c(C(C)C)ccc3[nH]ncc23)nc1C)C1CCCCC1. The van der Waals surface area contributed by atoms with Crippen LogP contribution in [0.1, 0.15) is 88.6 Å². The van der Waals surface area contributed by atoms with Crippen LogP contribution in [0.3, 0.4) is 0 Å². The van der Waals surface area contributed by atoms with E-state index in [1.807, 2.05) is 13.3 Å². The van der Waals surface area contributed by atoms with E-state index >= 15 is 0 Å². The Morgan fingerprint density at radius 1 is 1.06 bits per heavy atom. The van der Waals surface area contributed by atoms with Gasteiger partial charge in [-0.25, -0.2) is 0 Å². The van der Waals surface area contributed by atoms with E-state index < -0.39 is 0 Å². The maximum Gasteiger partial charge on any atom is 0.129 e. The number of nitrogens with one attached hydrogen (secondary N) is 1. The number of benzene rings is 1. The third-order valence-corrected chi connectivity index (χ3v) is 6.72. The Morgan fingerprint density at radius 3 is 2.47 bits per heavy atom. The zero-order chi connectivity index (χ0) is 22.8. The minimum absolute atomic E-state index is 0.0138. The Bertz CT molecular complexity index is 1060. The summed E-state index contributed by atoms with van der Waals surface area (Å²) in [5, 5.41) is 8.51. The first-order chi connectivity index (χ1) is 15.4. The van der Waals surface area contributed by atoms with E-state index in [2.05, 4.69) is 63.0 Å². The van der Waals surface area contributed by atoms with E-state index in [1.165, 1.54) is 37.7 Å². The summed E-state index contributed by atoms with van der Waals surface area (Å²) in [7, 11) is 1.83. The maximum absolute atomic E-state index is 6.41. The molecule has 2 aromatic heterocycles. The summed E-state index contributed by atoms with van der Waals surface area (Å²) in [6.45, 7) is 10.7. The minimum Gasteiger partial charge on any atom is -0.490 e. The number of H-pyrrole nitrogens is 1. The van der Waals surface area contributed by atoms with Crippen molar-refractivity contribution in [2.24, 2.45) is 5.92 Å². The predicted octanol–water partition coefficient (Wildman–Crippen LogP) is 7.11. The fourth-order valence-corrected chi connectivity index (χ4v) is 5.26. The number of aromatic amines is 1. The lowest BCUT2D eigenvalue weighted by molar-refractivity contribution is 0.0317. The van der Waals surface area contributed by atoms with Crippen molar-refractivity contribution in [2.45, 2.75) is 84.8 Å². The van der Waals surface area contributed by atoms with Crippen LogP contribution in [0.4, 0.5) is 0 Å². The molecule has 1 aliphatic rings. The molecule has 4 rings (SSSR count). The second-order valence-corrected chi connectivity index (χ2v) is 9.74. The summed E-state index contributed by atoms with van der Waals surface area (Å²) in [6.07, 6.45) is 8.27. The Labute approximate surface area is 191 Å². The summed E-state index contributed by atoms with van der Waals surface area (Å²) >= 11 is 0. The predicted molar refractivity (Wildman–Crippen MR) is 130 cm³/mol. The highest BCUT2D eigenvalue weighted by atomic mass is 16.5. The van der Waals surface area contributed by atoms with Gasteiger partial charge in [0.25, 0.3) is 0 Å². The first-order valence-corrected chi connectivity index (χ1v) is 12.1. The van der Waals surface area contributed by atoms with Crippen LogP contribution in [-0.4, -0.2) is 28.4 Å². The molecule has 5 heteroatoms. The number of fused-ring (bicyclic) bond motifs is 1. The van der Waals surface area contributed by atoms with Crippen LogP contribution < -0.4 is 4.74 Å². The van der Waals surface area contributed by atoms with E-state index in [4.69, 9.17) is 14.5 Å². The Morgan fingerprint density at radius 2 is 1.81 bits per heavy atom. The molecule has 1 atom stereocenters. The molecule has 1 N–H and O–H groups in total. The number of aromatic nitrogens is 3. The molecule has 1 fully saturated rings. The maximum atomic E-state index is 6.41. The number of nitrogens with zero attached hydrogens (tertiary/aromatic N) is 2. The number of methoxy groups -OCH3 is 1. The lowest BCUT2D eigenvalue weighted by Gasteiger charge is -2.32. The van der Waals surface area contributed by atoms with Crippen molar-refractivity contribution in [3.8, 4) is 17.0 Å². The first-order valence-electron chi connectivity index (χ1n) is 12.1. The van der Waals surface area contributed by atoms with Crippen LogP contribution in [0.15, 0.2) is 24.4 Å². The average Bonchev–Trinajstić information content (AvgIpc) is 3.24. The van der Waals surface area contributed by atoms with Gasteiger partial charge in [0, 0.05) is 35.4 Å². The van der Waals surface area contributed by atoms with E-state index in [0.29, 0.717) is 11.8 Å². The van der Waals surface area contributed by atoms with Gasteiger partial charge in [0.05, 0.1) is 29.6 Å². The van der Waals surface area contributed by atoms with Gasteiger partial charge < -0.3 is 9.47 Å². The molecule has 172 valence electrons. The average molecular weight is 436 g/mol. The lowest BCUT2D eigenvalue weighted by Crippen LogP contribution is -2.21.